The van der Waals surface area contributed by atoms with E-state index in [4.69, 9.17) is 0 Å². The van der Waals surface area contributed by atoms with Crippen LogP contribution in [0.4, 0.5) is 5.69 Å². The van der Waals surface area contributed by atoms with Crippen LogP contribution in [0.15, 0.2) is 24.3 Å². The van der Waals surface area contributed by atoms with Gasteiger partial charge in [-0.25, -0.2) is 0 Å². The molecule has 1 aromatic carbocycles. The van der Waals surface area contributed by atoms with Crippen LogP contribution in [0.5, 0.6) is 0 Å². The van der Waals surface area contributed by atoms with Crippen molar-refractivity contribution in [3.05, 3.63) is 39.9 Å². The molecule has 0 aromatic heterocycles. The number of para-hydroxylation sites is 1. The van der Waals surface area contributed by atoms with Gasteiger partial charge in [0.1, 0.15) is 0 Å². The maximum atomic E-state index is 11.6. The Labute approximate surface area is 87.5 Å². The molecule has 0 radical (unpaired) electrons. The quantitative estimate of drug-likeness (QED) is 0.425. The minimum atomic E-state index is -0.539. The zero-order valence-corrected chi connectivity index (χ0v) is 8.64. The van der Waals surface area contributed by atoms with Gasteiger partial charge in [-0.2, -0.15) is 0 Å². The van der Waals surface area contributed by atoms with Crippen LogP contribution in [0.3, 0.4) is 0 Å². The van der Waals surface area contributed by atoms with Crippen molar-refractivity contribution in [2.24, 2.45) is 0 Å². The third-order valence-electron chi connectivity index (χ3n) is 1.86. The molecule has 0 fully saturated rings. The highest BCUT2D eigenvalue weighted by atomic mass is 16.6. The van der Waals surface area contributed by atoms with Crippen molar-refractivity contribution in [2.75, 3.05) is 20.6 Å². The summed E-state index contributed by atoms with van der Waals surface area (Å²) >= 11 is 0. The average molecular weight is 208 g/mol. The Morgan fingerprint density at radius 1 is 1.40 bits per heavy atom. The second kappa shape index (κ2) is 4.65. The van der Waals surface area contributed by atoms with E-state index in [9.17, 15) is 14.9 Å². The van der Waals surface area contributed by atoms with Crippen LogP contribution in [-0.4, -0.2) is 36.2 Å². The molecule has 80 valence electrons. The fraction of sp³-hybridized carbons (Fsp3) is 0.300. The van der Waals surface area contributed by atoms with Gasteiger partial charge in [-0.1, -0.05) is 12.1 Å². The number of hydrogen-bond donors (Lipinski definition) is 0. The van der Waals surface area contributed by atoms with E-state index in [-0.39, 0.29) is 23.6 Å². The number of nitro benzene ring substituents is 1. The number of ketones is 1. The van der Waals surface area contributed by atoms with Crippen molar-refractivity contribution in [3.63, 3.8) is 0 Å². The lowest BCUT2D eigenvalue weighted by molar-refractivity contribution is -0.385. The van der Waals surface area contributed by atoms with Crippen molar-refractivity contribution in [3.8, 4) is 0 Å². The molecule has 0 atom stereocenters. The van der Waals surface area contributed by atoms with Crippen LogP contribution in [-0.2, 0) is 0 Å². The molecule has 0 aliphatic carbocycles. The Morgan fingerprint density at radius 3 is 2.53 bits per heavy atom. The molecule has 0 aliphatic heterocycles. The highest BCUT2D eigenvalue weighted by Crippen LogP contribution is 2.18. The Morgan fingerprint density at radius 2 is 2.00 bits per heavy atom. The SMILES string of the molecule is CN(C)CC(=O)c1ccccc1[N+](=O)[O-]. The monoisotopic (exact) mass is 208 g/mol. The number of rotatable bonds is 4. The average Bonchev–Trinajstić information content (AvgIpc) is 2.16. The van der Waals surface area contributed by atoms with Crippen LogP contribution < -0.4 is 0 Å². The maximum Gasteiger partial charge on any atom is 0.280 e. The first-order valence-electron chi connectivity index (χ1n) is 4.43. The highest BCUT2D eigenvalue weighted by molar-refractivity contribution is 6.01. The van der Waals surface area contributed by atoms with Crippen LogP contribution in [0.25, 0.3) is 0 Å². The molecule has 5 nitrogen and oxygen atoms in total. The van der Waals surface area contributed by atoms with Gasteiger partial charge in [0.25, 0.3) is 5.69 Å². The van der Waals surface area contributed by atoms with E-state index in [1.165, 1.54) is 12.1 Å². The van der Waals surface area contributed by atoms with Crippen LogP contribution in [0.2, 0.25) is 0 Å². The van der Waals surface area contributed by atoms with Gasteiger partial charge >= 0.3 is 0 Å². The number of carbonyl (C=O) groups is 1. The van der Waals surface area contributed by atoms with Gasteiger partial charge < -0.3 is 4.90 Å². The van der Waals surface area contributed by atoms with E-state index < -0.39 is 4.92 Å². The van der Waals surface area contributed by atoms with Crippen molar-refractivity contribution in [2.45, 2.75) is 0 Å². The number of likely N-dealkylation sites (N-methyl/N-ethyl adjacent to an activating group) is 1. The molecule has 0 aliphatic rings. The molecular weight excluding hydrogens is 196 g/mol. The molecule has 0 bridgehead atoms. The van der Waals surface area contributed by atoms with Crippen molar-refractivity contribution < 1.29 is 9.72 Å². The summed E-state index contributed by atoms with van der Waals surface area (Å²) in [5, 5.41) is 10.7. The fourth-order valence-corrected chi connectivity index (χ4v) is 1.24. The van der Waals surface area contributed by atoms with Crippen molar-refractivity contribution in [1.29, 1.82) is 0 Å². The second-order valence-electron chi connectivity index (χ2n) is 3.44. The van der Waals surface area contributed by atoms with Gasteiger partial charge in [-0.15, -0.1) is 0 Å². The summed E-state index contributed by atoms with van der Waals surface area (Å²) in [6.07, 6.45) is 0. The summed E-state index contributed by atoms with van der Waals surface area (Å²) in [7, 11) is 3.49. The lowest BCUT2D eigenvalue weighted by Gasteiger charge is -2.08. The van der Waals surface area contributed by atoms with Gasteiger partial charge in [-0.3, -0.25) is 14.9 Å². The number of hydrogen-bond acceptors (Lipinski definition) is 4. The molecule has 5 heteroatoms. The Balaban J connectivity index is 3.03. The summed E-state index contributed by atoms with van der Waals surface area (Å²) in [6.45, 7) is 0.171. The zero-order chi connectivity index (χ0) is 11.4. The summed E-state index contributed by atoms with van der Waals surface area (Å²) in [5.74, 6) is -0.243. The normalized spacial score (nSPS) is 10.3. The first kappa shape index (κ1) is 11.3. The Bertz CT molecular complexity index is 388. The van der Waals surface area contributed by atoms with E-state index in [1.807, 2.05) is 0 Å². The molecular formula is C10H12N2O3. The largest absolute Gasteiger partial charge is 0.302 e. The number of nitro groups is 1. The number of Topliss-reactive ketones (excluding diaryl/α,β-unsaturated/α-hetero) is 1. The van der Waals surface area contributed by atoms with Crippen molar-refractivity contribution >= 4 is 11.5 Å². The molecule has 0 saturated carbocycles. The van der Waals surface area contributed by atoms with Crippen LogP contribution in [0, 0.1) is 10.1 Å². The van der Waals surface area contributed by atoms with Gasteiger partial charge in [-0.05, 0) is 20.2 Å². The van der Waals surface area contributed by atoms with Gasteiger partial charge in [0.2, 0.25) is 0 Å². The number of nitrogens with zero attached hydrogens (tertiary/aromatic N) is 2. The maximum absolute atomic E-state index is 11.6. The molecule has 0 saturated heterocycles. The topological polar surface area (TPSA) is 63.5 Å². The smallest absolute Gasteiger partial charge is 0.280 e. The third-order valence-corrected chi connectivity index (χ3v) is 1.86. The predicted octanol–water partition coefficient (Wildman–Crippen LogP) is 1.34. The van der Waals surface area contributed by atoms with E-state index in [2.05, 4.69) is 0 Å². The molecule has 1 rings (SSSR count). The molecule has 0 N–H and O–H groups in total. The summed E-state index contributed by atoms with van der Waals surface area (Å²) < 4.78 is 0. The zero-order valence-electron chi connectivity index (χ0n) is 8.64. The van der Waals surface area contributed by atoms with Gasteiger partial charge in [0.15, 0.2) is 5.78 Å². The number of carbonyl (C=O) groups excluding carboxylic acids is 1. The fourth-order valence-electron chi connectivity index (χ4n) is 1.24. The first-order valence-corrected chi connectivity index (χ1v) is 4.43. The minimum Gasteiger partial charge on any atom is -0.302 e. The lowest BCUT2D eigenvalue weighted by Crippen LogP contribution is -2.22. The molecule has 0 unspecified atom stereocenters. The summed E-state index contributed by atoms with van der Waals surface area (Å²) in [6, 6.07) is 5.98. The van der Waals surface area contributed by atoms with E-state index in [0.717, 1.165) is 0 Å². The van der Waals surface area contributed by atoms with Gasteiger partial charge in [0, 0.05) is 6.07 Å². The lowest BCUT2D eigenvalue weighted by atomic mass is 10.1. The van der Waals surface area contributed by atoms with Crippen LogP contribution in [0.1, 0.15) is 10.4 Å². The van der Waals surface area contributed by atoms with Gasteiger partial charge in [0.05, 0.1) is 17.0 Å². The number of benzene rings is 1. The highest BCUT2D eigenvalue weighted by Gasteiger charge is 2.18. The minimum absolute atomic E-state index is 0.135. The van der Waals surface area contributed by atoms with Crippen LogP contribution >= 0.6 is 0 Å². The molecule has 0 spiro atoms. The Kier molecular flexibility index (Phi) is 3.51. The third kappa shape index (κ3) is 2.85. The van der Waals surface area contributed by atoms with E-state index >= 15 is 0 Å². The van der Waals surface area contributed by atoms with Crippen molar-refractivity contribution in [1.82, 2.24) is 4.90 Å². The summed E-state index contributed by atoms with van der Waals surface area (Å²) in [4.78, 5) is 23.4. The molecule has 0 heterocycles. The molecule has 0 amide bonds. The van der Waals surface area contributed by atoms with E-state index in [0.29, 0.717) is 0 Å². The molecule has 15 heavy (non-hydrogen) atoms. The first-order chi connectivity index (χ1) is 7.02. The standard InChI is InChI=1S/C10H12N2O3/c1-11(2)7-10(13)8-5-3-4-6-9(8)12(14)15/h3-6H,7H2,1-2H3. The Hall–Kier alpha value is -1.75. The molecule has 1 aromatic rings. The summed E-state index contributed by atoms with van der Waals surface area (Å²) in [5.41, 5.74) is 0.0283. The van der Waals surface area contributed by atoms with E-state index in [1.54, 1.807) is 31.1 Å². The second-order valence-corrected chi connectivity index (χ2v) is 3.44. The predicted molar refractivity (Wildman–Crippen MR) is 56.0 cm³/mol.